The molecule has 0 aromatic heterocycles. The van der Waals surface area contributed by atoms with E-state index in [0.29, 0.717) is 37.1 Å². The standard InChI is InChI=1S/C14H21NO3S/c1-2-18-12-13-7-6-10-15(11-13)19(16,17)14-8-4-3-5-9-14/h3-5,8-9,13H,2,6-7,10-12H2,1H3. The Hall–Kier alpha value is -0.910. The van der Waals surface area contributed by atoms with E-state index in [-0.39, 0.29) is 0 Å². The Morgan fingerprint density at radius 1 is 1.32 bits per heavy atom. The van der Waals surface area contributed by atoms with Crippen molar-refractivity contribution < 1.29 is 13.2 Å². The number of sulfonamides is 1. The molecule has 1 aromatic rings. The molecule has 1 fully saturated rings. The summed E-state index contributed by atoms with van der Waals surface area (Å²) in [6.07, 6.45) is 1.95. The molecule has 1 unspecified atom stereocenters. The molecule has 1 aliphatic heterocycles. The van der Waals surface area contributed by atoms with Crippen LogP contribution < -0.4 is 0 Å². The number of benzene rings is 1. The van der Waals surface area contributed by atoms with Crippen LogP contribution in [0.25, 0.3) is 0 Å². The van der Waals surface area contributed by atoms with Crippen molar-refractivity contribution in [2.45, 2.75) is 24.7 Å². The maximum absolute atomic E-state index is 12.5. The third-order valence-electron chi connectivity index (χ3n) is 3.42. The monoisotopic (exact) mass is 283 g/mol. The number of ether oxygens (including phenoxy) is 1. The van der Waals surface area contributed by atoms with Crippen LogP contribution in [0.4, 0.5) is 0 Å². The van der Waals surface area contributed by atoms with E-state index >= 15 is 0 Å². The normalized spacial score (nSPS) is 21.4. The average molecular weight is 283 g/mol. The van der Waals surface area contributed by atoms with E-state index in [1.807, 2.05) is 13.0 Å². The summed E-state index contributed by atoms with van der Waals surface area (Å²) in [6, 6.07) is 8.65. The van der Waals surface area contributed by atoms with Gasteiger partial charge in [-0.15, -0.1) is 0 Å². The predicted octanol–water partition coefficient (Wildman–Crippen LogP) is 2.12. The highest BCUT2D eigenvalue weighted by Crippen LogP contribution is 2.23. The quantitative estimate of drug-likeness (QED) is 0.831. The first kappa shape index (κ1) is 14.5. The molecule has 1 aliphatic rings. The summed E-state index contributed by atoms with van der Waals surface area (Å²) in [7, 11) is -3.34. The zero-order chi connectivity index (χ0) is 13.7. The Morgan fingerprint density at radius 2 is 2.05 bits per heavy atom. The van der Waals surface area contributed by atoms with Crippen molar-refractivity contribution in [1.82, 2.24) is 4.31 Å². The maximum atomic E-state index is 12.5. The molecule has 0 amide bonds. The highest BCUT2D eigenvalue weighted by atomic mass is 32.2. The van der Waals surface area contributed by atoms with Gasteiger partial charge in [0.15, 0.2) is 0 Å². The predicted molar refractivity (Wildman–Crippen MR) is 74.4 cm³/mol. The fourth-order valence-corrected chi connectivity index (χ4v) is 3.98. The van der Waals surface area contributed by atoms with Crippen molar-refractivity contribution in [3.05, 3.63) is 30.3 Å². The minimum atomic E-state index is -3.34. The van der Waals surface area contributed by atoms with Crippen molar-refractivity contribution in [3.8, 4) is 0 Å². The molecular formula is C14H21NO3S. The molecule has 1 heterocycles. The van der Waals surface area contributed by atoms with Crippen LogP contribution in [0.1, 0.15) is 19.8 Å². The van der Waals surface area contributed by atoms with Gasteiger partial charge in [0, 0.05) is 19.7 Å². The van der Waals surface area contributed by atoms with Crippen LogP contribution in [0.2, 0.25) is 0 Å². The molecule has 1 saturated heterocycles. The first-order valence-corrected chi connectivity index (χ1v) is 8.21. The van der Waals surface area contributed by atoms with Gasteiger partial charge >= 0.3 is 0 Å². The second-order valence-electron chi connectivity index (χ2n) is 4.84. The van der Waals surface area contributed by atoms with Crippen molar-refractivity contribution in [2.24, 2.45) is 5.92 Å². The number of piperidine rings is 1. The van der Waals surface area contributed by atoms with Gasteiger partial charge in [-0.05, 0) is 37.8 Å². The zero-order valence-corrected chi connectivity index (χ0v) is 12.1. The van der Waals surface area contributed by atoms with Gasteiger partial charge in [0.2, 0.25) is 10.0 Å². The summed E-state index contributed by atoms with van der Waals surface area (Å²) < 4.78 is 32.0. The fourth-order valence-electron chi connectivity index (χ4n) is 2.41. The molecule has 1 aromatic carbocycles. The van der Waals surface area contributed by atoms with Crippen molar-refractivity contribution >= 4 is 10.0 Å². The summed E-state index contributed by atoms with van der Waals surface area (Å²) in [4.78, 5) is 0.382. The fraction of sp³-hybridized carbons (Fsp3) is 0.571. The van der Waals surface area contributed by atoms with E-state index in [4.69, 9.17) is 4.74 Å². The first-order valence-electron chi connectivity index (χ1n) is 6.77. The van der Waals surface area contributed by atoms with E-state index in [9.17, 15) is 8.42 Å². The van der Waals surface area contributed by atoms with E-state index in [1.165, 1.54) is 0 Å². The summed E-state index contributed by atoms with van der Waals surface area (Å²) in [5, 5.41) is 0. The van der Waals surface area contributed by atoms with Crippen molar-refractivity contribution in [3.63, 3.8) is 0 Å². The van der Waals surface area contributed by atoms with E-state index < -0.39 is 10.0 Å². The third kappa shape index (κ3) is 3.55. The van der Waals surface area contributed by atoms with Gasteiger partial charge in [0.25, 0.3) is 0 Å². The van der Waals surface area contributed by atoms with Crippen LogP contribution in [-0.4, -0.2) is 39.0 Å². The van der Waals surface area contributed by atoms with Crippen LogP contribution in [0.3, 0.4) is 0 Å². The minimum absolute atomic E-state index is 0.312. The largest absolute Gasteiger partial charge is 0.381 e. The van der Waals surface area contributed by atoms with Crippen LogP contribution >= 0.6 is 0 Å². The van der Waals surface area contributed by atoms with Gasteiger partial charge in [-0.3, -0.25) is 0 Å². The lowest BCUT2D eigenvalue weighted by atomic mass is 10.0. The van der Waals surface area contributed by atoms with E-state index in [2.05, 4.69) is 0 Å². The van der Waals surface area contributed by atoms with Crippen LogP contribution in [0, 0.1) is 5.92 Å². The Bertz CT molecular complexity index is 487. The maximum Gasteiger partial charge on any atom is 0.243 e. The highest BCUT2D eigenvalue weighted by molar-refractivity contribution is 7.89. The van der Waals surface area contributed by atoms with Gasteiger partial charge in [-0.1, -0.05) is 18.2 Å². The molecule has 106 valence electrons. The molecule has 4 nitrogen and oxygen atoms in total. The number of nitrogens with zero attached hydrogens (tertiary/aromatic N) is 1. The summed E-state index contributed by atoms with van der Waals surface area (Å²) in [5.41, 5.74) is 0. The first-order chi connectivity index (χ1) is 9.14. The average Bonchev–Trinajstić information content (AvgIpc) is 2.46. The zero-order valence-electron chi connectivity index (χ0n) is 11.3. The van der Waals surface area contributed by atoms with Crippen molar-refractivity contribution in [2.75, 3.05) is 26.3 Å². The summed E-state index contributed by atoms with van der Waals surface area (Å²) in [6.45, 7) is 4.47. The molecule has 0 radical (unpaired) electrons. The molecule has 5 heteroatoms. The van der Waals surface area contributed by atoms with Gasteiger partial charge in [-0.2, -0.15) is 4.31 Å². The Morgan fingerprint density at radius 3 is 2.74 bits per heavy atom. The topological polar surface area (TPSA) is 46.6 Å². The lowest BCUT2D eigenvalue weighted by Crippen LogP contribution is -2.41. The van der Waals surface area contributed by atoms with Gasteiger partial charge in [-0.25, -0.2) is 8.42 Å². The lowest BCUT2D eigenvalue weighted by Gasteiger charge is -2.31. The van der Waals surface area contributed by atoms with Crippen LogP contribution in [0.5, 0.6) is 0 Å². The number of hydrogen-bond donors (Lipinski definition) is 0. The second kappa shape index (κ2) is 6.50. The molecule has 0 saturated carbocycles. The number of rotatable bonds is 5. The molecule has 0 aliphatic carbocycles. The Balaban J connectivity index is 2.08. The summed E-state index contributed by atoms with van der Waals surface area (Å²) in [5.74, 6) is 0.312. The molecule has 19 heavy (non-hydrogen) atoms. The van der Waals surface area contributed by atoms with Gasteiger partial charge in [0.05, 0.1) is 11.5 Å². The smallest absolute Gasteiger partial charge is 0.243 e. The van der Waals surface area contributed by atoms with E-state index in [1.54, 1.807) is 28.6 Å². The second-order valence-corrected chi connectivity index (χ2v) is 6.78. The minimum Gasteiger partial charge on any atom is -0.381 e. The van der Waals surface area contributed by atoms with Gasteiger partial charge < -0.3 is 4.74 Å². The Labute approximate surface area is 115 Å². The number of hydrogen-bond acceptors (Lipinski definition) is 3. The van der Waals surface area contributed by atoms with Crippen LogP contribution in [-0.2, 0) is 14.8 Å². The molecule has 0 bridgehead atoms. The summed E-state index contributed by atoms with van der Waals surface area (Å²) >= 11 is 0. The highest BCUT2D eigenvalue weighted by Gasteiger charge is 2.29. The lowest BCUT2D eigenvalue weighted by molar-refractivity contribution is 0.0864. The van der Waals surface area contributed by atoms with Crippen LogP contribution in [0.15, 0.2) is 35.2 Å². The van der Waals surface area contributed by atoms with E-state index in [0.717, 1.165) is 12.8 Å². The van der Waals surface area contributed by atoms with Gasteiger partial charge in [0.1, 0.15) is 0 Å². The molecule has 1 atom stereocenters. The molecule has 0 spiro atoms. The third-order valence-corrected chi connectivity index (χ3v) is 5.30. The molecule has 2 rings (SSSR count). The SMILES string of the molecule is CCOCC1CCCN(S(=O)(=O)c2ccccc2)C1. The Kier molecular flexibility index (Phi) is 4.96. The molecular weight excluding hydrogens is 262 g/mol. The molecule has 0 N–H and O–H groups in total. The van der Waals surface area contributed by atoms with Crippen molar-refractivity contribution in [1.29, 1.82) is 0 Å².